The third-order valence-electron chi connectivity index (χ3n) is 2.60. The van der Waals surface area contributed by atoms with Crippen LogP contribution in [0.1, 0.15) is 0 Å². The standard InChI is InChI=1S/C12H9BrN4O2S2/c13-10-3-6-20-12(10)21(18,19)16-9-1-2-11(15-7-9)17-5-4-14-8-17/h1-8,16H. The second kappa shape index (κ2) is 5.58. The van der Waals surface area contributed by atoms with Gasteiger partial charge in [-0.2, -0.15) is 0 Å². The molecule has 0 saturated carbocycles. The number of pyridine rings is 1. The van der Waals surface area contributed by atoms with Crippen LogP contribution in [0.5, 0.6) is 0 Å². The van der Waals surface area contributed by atoms with Crippen LogP contribution in [0.4, 0.5) is 5.69 Å². The summed E-state index contributed by atoms with van der Waals surface area (Å²) in [7, 11) is -3.60. The molecule has 9 heteroatoms. The van der Waals surface area contributed by atoms with E-state index in [1.165, 1.54) is 6.20 Å². The van der Waals surface area contributed by atoms with Crippen LogP contribution in [0, 0.1) is 0 Å². The third-order valence-corrected chi connectivity index (χ3v) is 6.65. The number of nitrogens with zero attached hydrogens (tertiary/aromatic N) is 3. The lowest BCUT2D eigenvalue weighted by Crippen LogP contribution is -2.12. The van der Waals surface area contributed by atoms with Crippen LogP contribution in [-0.4, -0.2) is 23.0 Å². The summed E-state index contributed by atoms with van der Waals surface area (Å²) in [5.74, 6) is 0.660. The van der Waals surface area contributed by atoms with Crippen LogP contribution in [-0.2, 0) is 10.0 Å². The highest BCUT2D eigenvalue weighted by Gasteiger charge is 2.19. The van der Waals surface area contributed by atoms with E-state index in [-0.39, 0.29) is 4.21 Å². The lowest BCUT2D eigenvalue weighted by Gasteiger charge is -2.07. The molecule has 0 fully saturated rings. The third kappa shape index (κ3) is 2.99. The molecule has 0 aliphatic carbocycles. The van der Waals surface area contributed by atoms with Crippen molar-refractivity contribution in [1.29, 1.82) is 0 Å². The van der Waals surface area contributed by atoms with Gasteiger partial charge >= 0.3 is 0 Å². The molecular weight excluding hydrogens is 376 g/mol. The van der Waals surface area contributed by atoms with Gasteiger partial charge in [0.1, 0.15) is 12.1 Å². The molecule has 0 radical (unpaired) electrons. The number of hydrogen-bond acceptors (Lipinski definition) is 5. The molecule has 3 aromatic rings. The molecule has 3 heterocycles. The number of rotatable bonds is 4. The van der Waals surface area contributed by atoms with Gasteiger partial charge in [-0.05, 0) is 39.5 Å². The largest absolute Gasteiger partial charge is 0.291 e. The number of anilines is 1. The second-order valence-corrected chi connectivity index (χ2v) is 7.68. The zero-order valence-corrected chi connectivity index (χ0v) is 13.7. The second-order valence-electron chi connectivity index (χ2n) is 4.04. The van der Waals surface area contributed by atoms with Gasteiger partial charge in [-0.3, -0.25) is 9.29 Å². The van der Waals surface area contributed by atoms with Crippen molar-refractivity contribution in [3.05, 3.63) is 53.0 Å². The Morgan fingerprint density at radius 3 is 2.71 bits per heavy atom. The predicted octanol–water partition coefficient (Wildman–Crippen LogP) is 2.89. The first-order chi connectivity index (χ1) is 10.1. The zero-order chi connectivity index (χ0) is 14.9. The van der Waals surface area contributed by atoms with Crippen LogP contribution in [0.3, 0.4) is 0 Å². The molecule has 0 spiro atoms. The van der Waals surface area contributed by atoms with E-state index in [0.717, 1.165) is 11.3 Å². The van der Waals surface area contributed by atoms with Crippen LogP contribution in [0.2, 0.25) is 0 Å². The van der Waals surface area contributed by atoms with Crippen molar-refractivity contribution in [3.63, 3.8) is 0 Å². The Hall–Kier alpha value is -1.71. The summed E-state index contributed by atoms with van der Waals surface area (Å²) >= 11 is 4.37. The number of nitrogens with one attached hydrogen (secondary N) is 1. The van der Waals surface area contributed by atoms with Crippen LogP contribution in [0.25, 0.3) is 5.82 Å². The topological polar surface area (TPSA) is 76.9 Å². The van der Waals surface area contributed by atoms with E-state index in [1.54, 1.807) is 46.9 Å². The highest BCUT2D eigenvalue weighted by atomic mass is 79.9. The predicted molar refractivity (Wildman–Crippen MR) is 84.2 cm³/mol. The van der Waals surface area contributed by atoms with Crippen LogP contribution in [0.15, 0.2) is 57.2 Å². The number of imidazole rings is 1. The first kappa shape index (κ1) is 14.2. The summed E-state index contributed by atoms with van der Waals surface area (Å²) in [6.45, 7) is 0. The molecule has 0 amide bonds. The zero-order valence-electron chi connectivity index (χ0n) is 10.5. The van der Waals surface area contributed by atoms with Crippen molar-refractivity contribution >= 4 is 43.0 Å². The fourth-order valence-corrected chi connectivity index (χ4v) is 5.05. The van der Waals surface area contributed by atoms with E-state index >= 15 is 0 Å². The fourth-order valence-electron chi connectivity index (χ4n) is 1.67. The molecule has 6 nitrogen and oxygen atoms in total. The minimum atomic E-state index is -3.60. The Kier molecular flexibility index (Phi) is 3.79. The van der Waals surface area contributed by atoms with E-state index in [9.17, 15) is 8.42 Å². The molecule has 0 aliphatic heterocycles. The first-order valence-corrected chi connectivity index (χ1v) is 8.92. The molecule has 3 rings (SSSR count). The molecule has 0 bridgehead atoms. The lowest BCUT2D eigenvalue weighted by molar-refractivity contribution is 0.603. The minimum absolute atomic E-state index is 0.237. The Bertz CT molecular complexity index is 842. The Morgan fingerprint density at radius 1 is 1.29 bits per heavy atom. The molecule has 0 atom stereocenters. The van der Waals surface area contributed by atoms with Crippen LogP contribution < -0.4 is 4.72 Å². The molecule has 0 aromatic carbocycles. The lowest BCUT2D eigenvalue weighted by atomic mass is 10.4. The van der Waals surface area contributed by atoms with Gasteiger partial charge in [0.25, 0.3) is 10.0 Å². The van der Waals surface area contributed by atoms with E-state index in [0.29, 0.717) is 16.0 Å². The van der Waals surface area contributed by atoms with E-state index < -0.39 is 10.0 Å². The molecule has 0 aliphatic rings. The van der Waals surface area contributed by atoms with Crippen molar-refractivity contribution in [2.75, 3.05) is 4.72 Å². The van der Waals surface area contributed by atoms with Crippen molar-refractivity contribution in [2.24, 2.45) is 0 Å². The number of halogens is 1. The van der Waals surface area contributed by atoms with Gasteiger partial charge in [0.15, 0.2) is 4.21 Å². The quantitative estimate of drug-likeness (QED) is 0.749. The normalized spacial score (nSPS) is 11.5. The number of sulfonamides is 1. The van der Waals surface area contributed by atoms with Crippen molar-refractivity contribution in [2.45, 2.75) is 4.21 Å². The number of hydrogen-bond donors (Lipinski definition) is 1. The number of thiophene rings is 1. The summed E-state index contributed by atoms with van der Waals surface area (Å²) in [6, 6.07) is 5.06. The van der Waals surface area contributed by atoms with Gasteiger partial charge in [0.2, 0.25) is 0 Å². The Labute approximate surface area is 133 Å². The average molecular weight is 385 g/mol. The van der Waals surface area contributed by atoms with Gasteiger partial charge in [0, 0.05) is 16.9 Å². The Morgan fingerprint density at radius 2 is 2.14 bits per heavy atom. The maximum atomic E-state index is 12.2. The molecule has 0 unspecified atom stereocenters. The van der Waals surface area contributed by atoms with Crippen LogP contribution >= 0.6 is 27.3 Å². The first-order valence-electron chi connectivity index (χ1n) is 5.76. The smallest absolute Gasteiger partial charge is 0.272 e. The fraction of sp³-hybridized carbons (Fsp3) is 0. The maximum absolute atomic E-state index is 12.2. The summed E-state index contributed by atoms with van der Waals surface area (Å²) in [5, 5.41) is 1.71. The average Bonchev–Trinajstić information content (AvgIpc) is 3.10. The highest BCUT2D eigenvalue weighted by Crippen LogP contribution is 2.29. The summed E-state index contributed by atoms with van der Waals surface area (Å²) in [6.07, 6.45) is 6.49. The van der Waals surface area contributed by atoms with Crippen molar-refractivity contribution in [3.8, 4) is 5.82 Å². The van der Waals surface area contributed by atoms with Crippen molar-refractivity contribution < 1.29 is 8.42 Å². The monoisotopic (exact) mass is 384 g/mol. The minimum Gasteiger partial charge on any atom is -0.291 e. The summed E-state index contributed by atoms with van der Waals surface area (Å²) in [4.78, 5) is 8.13. The van der Waals surface area contributed by atoms with E-state index in [1.807, 2.05) is 0 Å². The van der Waals surface area contributed by atoms with Crippen molar-refractivity contribution in [1.82, 2.24) is 14.5 Å². The summed E-state index contributed by atoms with van der Waals surface area (Å²) in [5.41, 5.74) is 0.402. The van der Waals surface area contributed by atoms with Gasteiger partial charge in [-0.25, -0.2) is 18.4 Å². The molecule has 21 heavy (non-hydrogen) atoms. The molecule has 1 N–H and O–H groups in total. The highest BCUT2D eigenvalue weighted by molar-refractivity contribution is 9.10. The molecular formula is C12H9BrN4O2S2. The molecule has 3 aromatic heterocycles. The van der Waals surface area contributed by atoms with E-state index in [4.69, 9.17) is 0 Å². The van der Waals surface area contributed by atoms with Gasteiger partial charge in [-0.15, -0.1) is 11.3 Å². The summed E-state index contributed by atoms with van der Waals surface area (Å²) < 4.78 is 29.5. The number of aromatic nitrogens is 3. The van der Waals surface area contributed by atoms with E-state index in [2.05, 4.69) is 30.6 Å². The SMILES string of the molecule is O=S(=O)(Nc1ccc(-n2ccnc2)nc1)c1sccc1Br. The Balaban J connectivity index is 1.84. The van der Waals surface area contributed by atoms with Gasteiger partial charge in [0.05, 0.1) is 11.9 Å². The maximum Gasteiger partial charge on any atom is 0.272 e. The molecule has 0 saturated heterocycles. The van der Waals surface area contributed by atoms with Gasteiger partial charge in [-0.1, -0.05) is 0 Å². The van der Waals surface area contributed by atoms with Gasteiger partial charge < -0.3 is 0 Å². The molecule has 108 valence electrons.